The first-order chi connectivity index (χ1) is 13.7. The minimum absolute atomic E-state index is 0.0223. The van der Waals surface area contributed by atoms with Crippen molar-refractivity contribution in [1.82, 2.24) is 16.2 Å². The van der Waals surface area contributed by atoms with Gasteiger partial charge in [-0.3, -0.25) is 4.79 Å². The summed E-state index contributed by atoms with van der Waals surface area (Å²) in [5.74, 6) is 0.917. The summed E-state index contributed by atoms with van der Waals surface area (Å²) in [7, 11) is 0. The minimum atomic E-state index is -0.236. The van der Waals surface area contributed by atoms with Gasteiger partial charge in [-0.25, -0.2) is 10.9 Å². The van der Waals surface area contributed by atoms with E-state index in [2.05, 4.69) is 66.4 Å². The van der Waals surface area contributed by atoms with Gasteiger partial charge in [-0.15, -0.1) is 0 Å². The molecule has 1 amide bonds. The molecule has 3 rings (SSSR count). The molecule has 0 radical (unpaired) electrons. The number of hydrogen-bond donors (Lipinski definition) is 3. The molecule has 5 heteroatoms. The van der Waals surface area contributed by atoms with E-state index >= 15 is 0 Å². The van der Waals surface area contributed by atoms with Gasteiger partial charge in [0.15, 0.2) is 0 Å². The number of carbonyl (C=O) groups is 1. The maximum atomic E-state index is 12.5. The summed E-state index contributed by atoms with van der Waals surface area (Å²) in [4.78, 5) is 12.5. The number of hydrazine groups is 1. The van der Waals surface area contributed by atoms with E-state index in [1.54, 1.807) is 0 Å². The van der Waals surface area contributed by atoms with Crippen molar-refractivity contribution in [1.29, 1.82) is 0 Å². The molecule has 0 bridgehead atoms. The van der Waals surface area contributed by atoms with E-state index in [4.69, 9.17) is 4.74 Å². The molecule has 1 saturated heterocycles. The maximum absolute atomic E-state index is 12.5. The second-order valence-electron chi connectivity index (χ2n) is 7.29. The van der Waals surface area contributed by atoms with Crippen LogP contribution >= 0.6 is 0 Å². The summed E-state index contributed by atoms with van der Waals surface area (Å²) < 4.78 is 5.71. The fourth-order valence-electron chi connectivity index (χ4n) is 3.28. The summed E-state index contributed by atoms with van der Waals surface area (Å²) in [5, 5.41) is 3.03. The highest BCUT2D eigenvalue weighted by Crippen LogP contribution is 2.24. The van der Waals surface area contributed by atoms with Crippen LogP contribution in [0.2, 0.25) is 0 Å². The van der Waals surface area contributed by atoms with Crippen LogP contribution in [0.4, 0.5) is 0 Å². The molecule has 1 aliphatic rings. The Morgan fingerprint density at radius 3 is 2.43 bits per heavy atom. The van der Waals surface area contributed by atoms with Crippen LogP contribution in [0.15, 0.2) is 48.5 Å². The van der Waals surface area contributed by atoms with E-state index in [1.165, 1.54) is 5.56 Å². The monoisotopic (exact) mass is 381 g/mol. The average molecular weight is 382 g/mol. The van der Waals surface area contributed by atoms with Crippen molar-refractivity contribution in [2.75, 3.05) is 6.61 Å². The van der Waals surface area contributed by atoms with Gasteiger partial charge in [0.25, 0.3) is 0 Å². The molecule has 3 N–H and O–H groups in total. The first-order valence-corrected chi connectivity index (χ1v) is 10.3. The molecule has 1 heterocycles. The third-order valence-corrected chi connectivity index (χ3v) is 5.17. The molecular weight excluding hydrogens is 350 g/mol. The van der Waals surface area contributed by atoms with E-state index in [-0.39, 0.29) is 18.0 Å². The Labute approximate surface area is 167 Å². The molecule has 0 spiro atoms. The van der Waals surface area contributed by atoms with Crippen LogP contribution in [0.5, 0.6) is 5.75 Å². The van der Waals surface area contributed by atoms with Gasteiger partial charge in [-0.05, 0) is 48.1 Å². The second kappa shape index (κ2) is 10.2. The van der Waals surface area contributed by atoms with Crippen molar-refractivity contribution in [3.63, 3.8) is 0 Å². The molecule has 28 heavy (non-hydrogen) atoms. The number of ether oxygens (including phenoxy) is 1. The van der Waals surface area contributed by atoms with Gasteiger partial charge in [0.1, 0.15) is 11.8 Å². The lowest BCUT2D eigenvalue weighted by Crippen LogP contribution is -2.42. The summed E-state index contributed by atoms with van der Waals surface area (Å²) in [6.45, 7) is 5.59. The molecule has 2 aromatic carbocycles. The van der Waals surface area contributed by atoms with E-state index in [0.29, 0.717) is 6.54 Å². The number of aryl methyl sites for hydroxylation is 1. The molecule has 2 unspecified atom stereocenters. The summed E-state index contributed by atoms with van der Waals surface area (Å²) in [6, 6.07) is 16.4. The molecule has 0 saturated carbocycles. The van der Waals surface area contributed by atoms with Crippen molar-refractivity contribution < 1.29 is 9.53 Å². The standard InChI is InChI=1S/C23H31N3O2/c1-3-5-14-28-20-12-10-19(11-13-20)21-15-22(26-25-21)23(27)24-16-18-8-6-17(4-2)7-9-18/h6-13,21-22,25-26H,3-5,14-16H2,1-2H3,(H,24,27). The van der Waals surface area contributed by atoms with Gasteiger partial charge in [0.2, 0.25) is 5.91 Å². The van der Waals surface area contributed by atoms with Crippen LogP contribution < -0.4 is 20.9 Å². The Hall–Kier alpha value is -2.37. The molecular formula is C23H31N3O2. The lowest BCUT2D eigenvalue weighted by Gasteiger charge is -2.12. The zero-order valence-corrected chi connectivity index (χ0v) is 16.8. The number of rotatable bonds is 9. The number of amides is 1. The summed E-state index contributed by atoms with van der Waals surface area (Å²) >= 11 is 0. The van der Waals surface area contributed by atoms with Gasteiger partial charge in [-0.2, -0.15) is 0 Å². The Kier molecular flexibility index (Phi) is 7.46. The Morgan fingerprint density at radius 2 is 1.75 bits per heavy atom. The molecule has 5 nitrogen and oxygen atoms in total. The number of nitrogens with one attached hydrogen (secondary N) is 3. The van der Waals surface area contributed by atoms with E-state index in [0.717, 1.165) is 49.2 Å². The molecule has 0 aromatic heterocycles. The number of benzene rings is 2. The molecule has 1 aliphatic heterocycles. The van der Waals surface area contributed by atoms with Crippen LogP contribution in [0, 0.1) is 0 Å². The van der Waals surface area contributed by atoms with Gasteiger partial charge < -0.3 is 10.1 Å². The minimum Gasteiger partial charge on any atom is -0.494 e. The molecule has 0 aliphatic carbocycles. The van der Waals surface area contributed by atoms with Crippen molar-refractivity contribution in [2.24, 2.45) is 0 Å². The zero-order chi connectivity index (χ0) is 19.8. The molecule has 2 aromatic rings. The average Bonchev–Trinajstić information content (AvgIpc) is 3.23. The maximum Gasteiger partial charge on any atom is 0.238 e. The smallest absolute Gasteiger partial charge is 0.238 e. The number of carbonyl (C=O) groups excluding carboxylic acids is 1. The second-order valence-corrected chi connectivity index (χ2v) is 7.29. The Morgan fingerprint density at radius 1 is 1.04 bits per heavy atom. The fourth-order valence-corrected chi connectivity index (χ4v) is 3.28. The summed E-state index contributed by atoms with van der Waals surface area (Å²) in [5.41, 5.74) is 9.94. The van der Waals surface area contributed by atoms with E-state index in [1.807, 2.05) is 12.1 Å². The first-order valence-electron chi connectivity index (χ1n) is 10.3. The van der Waals surface area contributed by atoms with E-state index < -0.39 is 0 Å². The van der Waals surface area contributed by atoms with Crippen LogP contribution in [-0.4, -0.2) is 18.6 Å². The highest BCUT2D eigenvalue weighted by molar-refractivity contribution is 5.82. The van der Waals surface area contributed by atoms with Crippen LogP contribution in [0.1, 0.15) is 55.8 Å². The van der Waals surface area contributed by atoms with Crippen molar-refractivity contribution in [3.05, 3.63) is 65.2 Å². The third-order valence-electron chi connectivity index (χ3n) is 5.17. The number of unbranched alkanes of at least 4 members (excludes halogenated alkanes) is 1. The van der Waals surface area contributed by atoms with Gasteiger partial charge in [0, 0.05) is 12.6 Å². The largest absolute Gasteiger partial charge is 0.494 e. The lowest BCUT2D eigenvalue weighted by atomic mass is 10.0. The van der Waals surface area contributed by atoms with Crippen molar-refractivity contribution in [3.8, 4) is 5.75 Å². The first kappa shape index (κ1) is 20.4. The normalized spacial score (nSPS) is 18.8. The highest BCUT2D eigenvalue weighted by Gasteiger charge is 2.29. The SMILES string of the molecule is CCCCOc1ccc(C2CC(C(=O)NCc3ccc(CC)cc3)NN2)cc1. The van der Waals surface area contributed by atoms with E-state index in [9.17, 15) is 4.79 Å². The third kappa shape index (κ3) is 5.57. The topological polar surface area (TPSA) is 62.4 Å². The predicted octanol–water partition coefficient (Wildman–Crippen LogP) is 3.65. The summed E-state index contributed by atoms with van der Waals surface area (Å²) in [6.07, 6.45) is 3.94. The molecule has 2 atom stereocenters. The Balaban J connectivity index is 1.46. The van der Waals surface area contributed by atoms with Gasteiger partial charge >= 0.3 is 0 Å². The predicted molar refractivity (Wildman–Crippen MR) is 112 cm³/mol. The van der Waals surface area contributed by atoms with Crippen molar-refractivity contribution in [2.45, 2.75) is 58.2 Å². The van der Waals surface area contributed by atoms with Crippen LogP contribution in [0.25, 0.3) is 0 Å². The fraction of sp³-hybridized carbons (Fsp3) is 0.435. The highest BCUT2D eigenvalue weighted by atomic mass is 16.5. The van der Waals surface area contributed by atoms with Crippen LogP contribution in [-0.2, 0) is 17.8 Å². The van der Waals surface area contributed by atoms with Gasteiger partial charge in [0.05, 0.1) is 6.61 Å². The lowest BCUT2D eigenvalue weighted by molar-refractivity contribution is -0.123. The zero-order valence-electron chi connectivity index (χ0n) is 16.8. The quantitative estimate of drug-likeness (QED) is 0.580. The Bertz CT molecular complexity index is 743. The van der Waals surface area contributed by atoms with Crippen LogP contribution in [0.3, 0.4) is 0 Å². The van der Waals surface area contributed by atoms with Gasteiger partial charge in [-0.1, -0.05) is 56.7 Å². The number of hydrogen-bond acceptors (Lipinski definition) is 4. The molecule has 150 valence electrons. The molecule has 1 fully saturated rings. The van der Waals surface area contributed by atoms with Crippen molar-refractivity contribution >= 4 is 5.91 Å².